The molecule has 4 nitrogen and oxygen atoms in total. The SMILES string of the molecule is CCCNc1ccc(-c2nc3ccc(OC)cc3s2)nc1F. The molecule has 1 aromatic carbocycles. The number of hydrogen-bond donors (Lipinski definition) is 1. The number of methoxy groups -OCH3 is 1. The number of nitrogens with one attached hydrogen (secondary N) is 1. The number of halogens is 1. The Morgan fingerprint density at radius 2 is 2.09 bits per heavy atom. The summed E-state index contributed by atoms with van der Waals surface area (Å²) in [6, 6.07) is 9.17. The third-order valence-corrected chi connectivity index (χ3v) is 4.27. The Balaban J connectivity index is 1.95. The summed E-state index contributed by atoms with van der Waals surface area (Å²) in [6.45, 7) is 2.75. The molecular weight excluding hydrogens is 301 g/mol. The molecule has 22 heavy (non-hydrogen) atoms. The van der Waals surface area contributed by atoms with E-state index in [0.29, 0.717) is 16.4 Å². The van der Waals surface area contributed by atoms with Crippen molar-refractivity contribution >= 4 is 27.2 Å². The highest BCUT2D eigenvalue weighted by atomic mass is 32.1. The van der Waals surface area contributed by atoms with Crippen LogP contribution in [0.15, 0.2) is 30.3 Å². The van der Waals surface area contributed by atoms with E-state index in [1.165, 1.54) is 11.3 Å². The number of anilines is 1. The number of rotatable bonds is 5. The first kappa shape index (κ1) is 14.7. The number of pyridine rings is 1. The van der Waals surface area contributed by atoms with Crippen LogP contribution in [-0.4, -0.2) is 23.6 Å². The molecule has 0 aliphatic carbocycles. The lowest BCUT2D eigenvalue weighted by molar-refractivity contribution is 0.415. The molecule has 3 aromatic rings. The molecule has 0 fully saturated rings. The molecule has 0 amide bonds. The Morgan fingerprint density at radius 3 is 2.82 bits per heavy atom. The van der Waals surface area contributed by atoms with Crippen molar-refractivity contribution in [2.75, 3.05) is 19.0 Å². The van der Waals surface area contributed by atoms with Gasteiger partial charge in [0.25, 0.3) is 0 Å². The zero-order valence-electron chi connectivity index (χ0n) is 12.4. The highest BCUT2D eigenvalue weighted by Crippen LogP contribution is 2.32. The van der Waals surface area contributed by atoms with Gasteiger partial charge in [-0.25, -0.2) is 9.97 Å². The van der Waals surface area contributed by atoms with Crippen molar-refractivity contribution in [3.8, 4) is 16.5 Å². The zero-order chi connectivity index (χ0) is 15.5. The predicted octanol–water partition coefficient (Wildman–Crippen LogP) is 4.33. The minimum Gasteiger partial charge on any atom is -0.497 e. The second-order valence-electron chi connectivity index (χ2n) is 4.81. The predicted molar refractivity (Wildman–Crippen MR) is 88.1 cm³/mol. The number of hydrogen-bond acceptors (Lipinski definition) is 5. The molecule has 0 aliphatic heterocycles. The van der Waals surface area contributed by atoms with Crippen molar-refractivity contribution in [2.24, 2.45) is 0 Å². The number of aromatic nitrogens is 2. The molecular formula is C16H16FN3OS. The van der Waals surface area contributed by atoms with Crippen LogP contribution in [0.3, 0.4) is 0 Å². The van der Waals surface area contributed by atoms with Crippen LogP contribution in [0.2, 0.25) is 0 Å². The number of fused-ring (bicyclic) bond motifs is 1. The molecule has 0 bridgehead atoms. The lowest BCUT2D eigenvalue weighted by Gasteiger charge is -2.05. The van der Waals surface area contributed by atoms with Crippen LogP contribution in [0.4, 0.5) is 10.1 Å². The van der Waals surface area contributed by atoms with Crippen LogP contribution < -0.4 is 10.1 Å². The highest BCUT2D eigenvalue weighted by molar-refractivity contribution is 7.21. The van der Waals surface area contributed by atoms with Gasteiger partial charge in [0.05, 0.1) is 23.0 Å². The summed E-state index contributed by atoms with van der Waals surface area (Å²) >= 11 is 1.47. The minimum atomic E-state index is -0.497. The summed E-state index contributed by atoms with van der Waals surface area (Å²) in [6.07, 6.45) is 0.931. The fourth-order valence-corrected chi connectivity index (χ4v) is 3.05. The average molecular weight is 317 g/mol. The first-order chi connectivity index (χ1) is 10.7. The number of ether oxygens (including phenoxy) is 1. The number of nitrogens with zero attached hydrogens (tertiary/aromatic N) is 2. The molecule has 3 rings (SSSR count). The van der Waals surface area contributed by atoms with Crippen LogP contribution in [0.25, 0.3) is 20.9 Å². The molecule has 6 heteroatoms. The van der Waals surface area contributed by atoms with E-state index in [2.05, 4.69) is 15.3 Å². The van der Waals surface area contributed by atoms with E-state index in [1.54, 1.807) is 19.2 Å². The van der Waals surface area contributed by atoms with Gasteiger partial charge in [-0.1, -0.05) is 6.92 Å². The first-order valence-corrected chi connectivity index (χ1v) is 7.88. The van der Waals surface area contributed by atoms with Gasteiger partial charge < -0.3 is 10.1 Å². The maximum atomic E-state index is 14.0. The van der Waals surface area contributed by atoms with E-state index in [0.717, 1.165) is 28.9 Å². The van der Waals surface area contributed by atoms with Crippen molar-refractivity contribution in [3.05, 3.63) is 36.3 Å². The van der Waals surface area contributed by atoms with E-state index < -0.39 is 5.95 Å². The van der Waals surface area contributed by atoms with E-state index >= 15 is 0 Å². The Morgan fingerprint density at radius 1 is 1.23 bits per heavy atom. The second kappa shape index (κ2) is 6.27. The zero-order valence-corrected chi connectivity index (χ0v) is 13.2. The van der Waals surface area contributed by atoms with Gasteiger partial charge in [-0.3, -0.25) is 0 Å². The maximum Gasteiger partial charge on any atom is 0.236 e. The molecule has 1 N–H and O–H groups in total. The smallest absolute Gasteiger partial charge is 0.236 e. The van der Waals surface area contributed by atoms with Crippen LogP contribution in [-0.2, 0) is 0 Å². The van der Waals surface area contributed by atoms with Crippen molar-refractivity contribution in [1.29, 1.82) is 0 Å². The summed E-state index contributed by atoms with van der Waals surface area (Å²) in [5, 5.41) is 3.71. The van der Waals surface area contributed by atoms with E-state index in [-0.39, 0.29) is 0 Å². The van der Waals surface area contributed by atoms with Crippen molar-refractivity contribution in [2.45, 2.75) is 13.3 Å². The van der Waals surface area contributed by atoms with Gasteiger partial charge in [0, 0.05) is 6.54 Å². The second-order valence-corrected chi connectivity index (χ2v) is 5.84. The quantitative estimate of drug-likeness (QED) is 0.712. The van der Waals surface area contributed by atoms with Crippen LogP contribution in [0.1, 0.15) is 13.3 Å². The van der Waals surface area contributed by atoms with Crippen LogP contribution in [0, 0.1) is 5.95 Å². The minimum absolute atomic E-state index is 0.424. The van der Waals surface area contributed by atoms with E-state index in [9.17, 15) is 4.39 Å². The van der Waals surface area contributed by atoms with Crippen LogP contribution >= 0.6 is 11.3 Å². The van der Waals surface area contributed by atoms with Gasteiger partial charge in [-0.05, 0) is 36.8 Å². The molecule has 2 heterocycles. The third-order valence-electron chi connectivity index (χ3n) is 3.23. The first-order valence-electron chi connectivity index (χ1n) is 7.06. The lowest BCUT2D eigenvalue weighted by Crippen LogP contribution is -2.03. The van der Waals surface area contributed by atoms with Gasteiger partial charge in [0.1, 0.15) is 16.5 Å². The average Bonchev–Trinajstić information content (AvgIpc) is 2.96. The summed E-state index contributed by atoms with van der Waals surface area (Å²) in [5.41, 5.74) is 1.82. The number of thiazole rings is 1. The fraction of sp³-hybridized carbons (Fsp3) is 0.250. The molecule has 0 saturated carbocycles. The molecule has 0 unspecified atom stereocenters. The van der Waals surface area contributed by atoms with Crippen molar-refractivity contribution in [1.82, 2.24) is 9.97 Å². The standard InChI is InChI=1S/C16H16FN3OS/c1-3-8-18-12-6-7-13(19-15(12)17)16-20-11-5-4-10(21-2)9-14(11)22-16/h4-7,9,18H,3,8H2,1-2H3. The molecule has 114 valence electrons. The Hall–Kier alpha value is -2.21. The molecule has 0 atom stereocenters. The van der Waals surface area contributed by atoms with Gasteiger partial charge >= 0.3 is 0 Å². The third kappa shape index (κ3) is 2.87. The summed E-state index contributed by atoms with van der Waals surface area (Å²) < 4.78 is 20.2. The monoisotopic (exact) mass is 317 g/mol. The lowest BCUT2D eigenvalue weighted by atomic mass is 10.3. The van der Waals surface area contributed by atoms with E-state index in [1.807, 2.05) is 25.1 Å². The summed E-state index contributed by atoms with van der Waals surface area (Å²) in [4.78, 5) is 8.53. The van der Waals surface area contributed by atoms with Gasteiger partial charge in [-0.15, -0.1) is 11.3 Å². The van der Waals surface area contributed by atoms with E-state index in [4.69, 9.17) is 4.74 Å². The summed E-state index contributed by atoms with van der Waals surface area (Å²) in [5.74, 6) is 0.281. The molecule has 0 saturated heterocycles. The van der Waals surface area contributed by atoms with Gasteiger partial charge in [-0.2, -0.15) is 4.39 Å². The molecule has 0 radical (unpaired) electrons. The normalized spacial score (nSPS) is 10.9. The Labute approximate surface area is 132 Å². The molecule has 0 spiro atoms. The molecule has 2 aromatic heterocycles. The van der Waals surface area contributed by atoms with Crippen molar-refractivity contribution < 1.29 is 9.13 Å². The van der Waals surface area contributed by atoms with Crippen molar-refractivity contribution in [3.63, 3.8) is 0 Å². The summed E-state index contributed by atoms with van der Waals surface area (Å²) in [7, 11) is 1.63. The highest BCUT2D eigenvalue weighted by Gasteiger charge is 2.11. The fourth-order valence-electron chi connectivity index (χ4n) is 2.09. The largest absolute Gasteiger partial charge is 0.497 e. The Bertz CT molecular complexity index is 803. The van der Waals surface area contributed by atoms with Crippen LogP contribution in [0.5, 0.6) is 5.75 Å². The van der Waals surface area contributed by atoms with Gasteiger partial charge in [0.15, 0.2) is 0 Å². The maximum absolute atomic E-state index is 14.0. The Kier molecular flexibility index (Phi) is 4.20. The van der Waals surface area contributed by atoms with Gasteiger partial charge in [0.2, 0.25) is 5.95 Å². The molecule has 0 aliphatic rings. The topological polar surface area (TPSA) is 47.0 Å². The number of benzene rings is 1.